The maximum Gasteiger partial charge on any atom is 0.173 e. The summed E-state index contributed by atoms with van der Waals surface area (Å²) in [6.45, 7) is 29.2. The van der Waals surface area contributed by atoms with E-state index in [1.54, 1.807) is 0 Å². The molecule has 1 fully saturated rings. The second-order valence-corrected chi connectivity index (χ2v) is 38.9. The monoisotopic (exact) mass is 480 g/mol. The molecule has 1 aliphatic rings. The molecule has 0 saturated carbocycles. The summed E-state index contributed by atoms with van der Waals surface area (Å²) in [6, 6.07) is 7.53. The highest BCUT2D eigenvalue weighted by Gasteiger charge is 2.41. The molecule has 0 radical (unpaired) electrons. The maximum absolute atomic E-state index is 6.93. The van der Waals surface area contributed by atoms with Crippen LogP contribution in [0, 0.1) is 0 Å². The summed E-state index contributed by atoms with van der Waals surface area (Å²) in [5.74, 6) is 0. The van der Waals surface area contributed by atoms with Gasteiger partial charge < -0.3 is 12.3 Å². The smallest absolute Gasteiger partial charge is 0.173 e. The summed E-state index contributed by atoms with van der Waals surface area (Å²) >= 11 is 0. The summed E-state index contributed by atoms with van der Waals surface area (Å²) in [4.78, 5) is 0. The van der Waals surface area contributed by atoms with Crippen molar-refractivity contribution in [3.63, 3.8) is 0 Å². The molecular formula is C18H48O3Si6. The summed E-state index contributed by atoms with van der Waals surface area (Å²) in [6.07, 6.45) is 0. The number of rotatable bonds is 0. The van der Waals surface area contributed by atoms with Gasteiger partial charge in [0.05, 0.1) is 0 Å². The number of hydrogen-bond donors (Lipinski definition) is 0. The lowest BCUT2D eigenvalue weighted by Crippen LogP contribution is -2.48. The average Bonchev–Trinajstić information content (AvgIpc) is 2.38. The minimum absolute atomic E-state index is 1.25. The Kier molecular flexibility index (Phi) is 8.48. The zero-order valence-electron chi connectivity index (χ0n) is 20.5. The molecule has 0 aliphatic carbocycles. The molecule has 1 heterocycles. The zero-order valence-corrected chi connectivity index (χ0v) is 26.5. The third-order valence-electron chi connectivity index (χ3n) is 5.65. The Hall–Kier alpha value is 1.18. The molecule has 0 aromatic carbocycles. The summed E-state index contributed by atoms with van der Waals surface area (Å²) < 4.78 is 20.8. The van der Waals surface area contributed by atoms with Gasteiger partial charge in [0, 0.05) is 0 Å². The molecule has 0 atom stereocenters. The average molecular weight is 481 g/mol. The van der Waals surface area contributed by atoms with Crippen molar-refractivity contribution >= 4 is 49.9 Å². The van der Waals surface area contributed by atoms with E-state index in [4.69, 9.17) is 12.3 Å². The van der Waals surface area contributed by atoms with E-state index in [0.717, 1.165) is 0 Å². The molecule has 27 heavy (non-hydrogen) atoms. The van der Waals surface area contributed by atoms with Gasteiger partial charge in [-0.1, -0.05) is 0 Å². The standard InChI is InChI=1S/C18H48O3Si6/c1-22(2)13-14-24(5,6)20-26(9,10)17-18-27(11,12)21-25(7,8)16-15-23(3,4)19-22/h13-18H2,1-12H3. The van der Waals surface area contributed by atoms with Gasteiger partial charge >= 0.3 is 0 Å². The lowest BCUT2D eigenvalue weighted by atomic mass is 10.9. The molecule has 1 aliphatic heterocycles. The SMILES string of the molecule is C[Si]1(C)CC[Si](C)(C)O[Si](C)(C)CC[Si](C)(C)O[Si](C)(C)CC[Si](C)(C)O1. The molecule has 1 saturated heterocycles. The Labute approximate surface area is 176 Å². The van der Waals surface area contributed by atoms with Crippen LogP contribution in [0.3, 0.4) is 0 Å². The van der Waals surface area contributed by atoms with Gasteiger partial charge in [0.1, 0.15) is 0 Å². The molecule has 3 nitrogen and oxygen atoms in total. The molecule has 0 unspecified atom stereocenters. The molecule has 9 heteroatoms. The second-order valence-electron chi connectivity index (χ2n) is 12.4. The molecule has 162 valence electrons. The third kappa shape index (κ3) is 10.7. The van der Waals surface area contributed by atoms with Crippen LogP contribution in [0.1, 0.15) is 0 Å². The molecule has 0 N–H and O–H groups in total. The fraction of sp³-hybridized carbons (Fsp3) is 1.00. The predicted octanol–water partition coefficient (Wildman–Crippen LogP) is 7.28. The van der Waals surface area contributed by atoms with Crippen LogP contribution in [-0.2, 0) is 12.3 Å². The van der Waals surface area contributed by atoms with E-state index < -0.39 is 49.9 Å². The lowest BCUT2D eigenvalue weighted by molar-refractivity contribution is 0.525. The first-order chi connectivity index (χ1) is 11.7. The first-order valence-corrected chi connectivity index (χ1v) is 29.5. The summed E-state index contributed by atoms with van der Waals surface area (Å²) in [5, 5.41) is 0. The van der Waals surface area contributed by atoms with Crippen molar-refractivity contribution in [1.29, 1.82) is 0 Å². The topological polar surface area (TPSA) is 27.7 Å². The van der Waals surface area contributed by atoms with Gasteiger partial charge in [0.15, 0.2) is 49.9 Å². The molecule has 0 aromatic rings. The fourth-order valence-electron chi connectivity index (χ4n) is 4.36. The first kappa shape index (κ1) is 26.2. The molecule has 1 rings (SSSR count). The summed E-state index contributed by atoms with van der Waals surface area (Å²) in [5.41, 5.74) is 0. The molecule has 0 aromatic heterocycles. The van der Waals surface area contributed by atoms with Gasteiger partial charge in [-0.05, 0) is 115 Å². The summed E-state index contributed by atoms with van der Waals surface area (Å²) in [7, 11) is -9.83. The fourth-order valence-corrected chi connectivity index (χ4v) is 39.2. The Morgan fingerprint density at radius 2 is 0.407 bits per heavy atom. The van der Waals surface area contributed by atoms with Crippen molar-refractivity contribution in [2.24, 2.45) is 0 Å². The minimum atomic E-state index is -1.64. The Balaban J connectivity index is 3.10. The third-order valence-corrected chi connectivity index (χ3v) is 29.1. The second kappa shape index (κ2) is 8.74. The van der Waals surface area contributed by atoms with E-state index >= 15 is 0 Å². The van der Waals surface area contributed by atoms with Gasteiger partial charge in [-0.2, -0.15) is 0 Å². The van der Waals surface area contributed by atoms with Crippen LogP contribution in [-0.4, -0.2) is 49.9 Å². The highest BCUT2D eigenvalue weighted by Crippen LogP contribution is 2.34. The van der Waals surface area contributed by atoms with Crippen molar-refractivity contribution in [1.82, 2.24) is 0 Å². The van der Waals surface area contributed by atoms with Crippen molar-refractivity contribution in [3.05, 3.63) is 0 Å². The van der Waals surface area contributed by atoms with Crippen molar-refractivity contribution in [3.8, 4) is 0 Å². The van der Waals surface area contributed by atoms with Crippen LogP contribution < -0.4 is 0 Å². The van der Waals surface area contributed by atoms with E-state index in [1.807, 2.05) is 0 Å². The Morgan fingerprint density at radius 1 is 0.296 bits per heavy atom. The van der Waals surface area contributed by atoms with Crippen LogP contribution in [0.4, 0.5) is 0 Å². The predicted molar refractivity (Wildman–Crippen MR) is 137 cm³/mol. The van der Waals surface area contributed by atoms with Crippen molar-refractivity contribution < 1.29 is 12.3 Å². The van der Waals surface area contributed by atoms with Gasteiger partial charge in [0.2, 0.25) is 0 Å². The van der Waals surface area contributed by atoms with Crippen LogP contribution in [0.25, 0.3) is 0 Å². The molecule has 0 bridgehead atoms. The van der Waals surface area contributed by atoms with Gasteiger partial charge in [-0.15, -0.1) is 0 Å². The van der Waals surface area contributed by atoms with Crippen molar-refractivity contribution in [2.75, 3.05) is 0 Å². The Bertz CT molecular complexity index is 390. The largest absolute Gasteiger partial charge is 0.456 e. The van der Waals surface area contributed by atoms with E-state index in [1.165, 1.54) is 36.3 Å². The van der Waals surface area contributed by atoms with Crippen LogP contribution in [0.15, 0.2) is 0 Å². The van der Waals surface area contributed by atoms with Gasteiger partial charge in [-0.3, -0.25) is 0 Å². The maximum atomic E-state index is 6.93. The van der Waals surface area contributed by atoms with E-state index in [0.29, 0.717) is 0 Å². The normalized spacial score (nSPS) is 30.7. The highest BCUT2D eigenvalue weighted by atomic mass is 28.4. The quantitative estimate of drug-likeness (QED) is 0.341. The molecule has 0 spiro atoms. The van der Waals surface area contributed by atoms with Gasteiger partial charge in [0.25, 0.3) is 0 Å². The van der Waals surface area contributed by atoms with Crippen LogP contribution >= 0.6 is 0 Å². The van der Waals surface area contributed by atoms with E-state index in [-0.39, 0.29) is 0 Å². The number of hydrogen-bond acceptors (Lipinski definition) is 3. The first-order valence-electron chi connectivity index (χ1n) is 10.8. The molecular weight excluding hydrogens is 433 g/mol. The molecule has 0 amide bonds. The van der Waals surface area contributed by atoms with Gasteiger partial charge in [-0.25, -0.2) is 0 Å². The minimum Gasteiger partial charge on any atom is -0.456 e. The highest BCUT2D eigenvalue weighted by molar-refractivity contribution is 6.90. The van der Waals surface area contributed by atoms with E-state index in [9.17, 15) is 0 Å². The van der Waals surface area contributed by atoms with Crippen LogP contribution in [0.5, 0.6) is 0 Å². The van der Waals surface area contributed by atoms with Crippen molar-refractivity contribution in [2.45, 2.75) is 115 Å². The Morgan fingerprint density at radius 3 is 0.519 bits per heavy atom. The zero-order chi connectivity index (χ0) is 21.4. The lowest BCUT2D eigenvalue weighted by Gasteiger charge is -2.38. The van der Waals surface area contributed by atoms with E-state index in [2.05, 4.69) is 78.6 Å². The van der Waals surface area contributed by atoms with Crippen LogP contribution in [0.2, 0.25) is 115 Å².